The van der Waals surface area contributed by atoms with E-state index >= 15 is 0 Å². The molecule has 1 unspecified atom stereocenters. The van der Waals surface area contributed by atoms with Gasteiger partial charge in [-0.05, 0) is 39.7 Å². The Morgan fingerprint density at radius 1 is 1.36 bits per heavy atom. The maximum absolute atomic E-state index is 12.1. The van der Waals surface area contributed by atoms with E-state index in [1.54, 1.807) is 4.68 Å². The molecular weight excluding hydrogens is 320 g/mol. The van der Waals surface area contributed by atoms with Crippen LogP contribution in [0.4, 0.5) is 11.5 Å². The summed E-state index contributed by atoms with van der Waals surface area (Å²) in [5.41, 5.74) is 8.69. The Bertz CT molecular complexity index is 772. The van der Waals surface area contributed by atoms with Crippen molar-refractivity contribution in [3.05, 3.63) is 23.8 Å². The number of hydrogen-bond acceptors (Lipinski definition) is 7. The number of aromatic nitrogens is 4. The number of nitrogens with two attached hydrogens (primary N) is 1. The number of nitrogen functional groups attached to an aromatic ring is 1. The Kier molecular flexibility index (Phi) is 4.87. The Morgan fingerprint density at radius 3 is 2.80 bits per heavy atom. The lowest BCUT2D eigenvalue weighted by Crippen LogP contribution is -2.40. The summed E-state index contributed by atoms with van der Waals surface area (Å²) in [7, 11) is 0. The summed E-state index contributed by atoms with van der Waals surface area (Å²) in [6, 6.07) is 1.97. The lowest BCUT2D eigenvalue weighted by molar-refractivity contribution is -0.148. The summed E-state index contributed by atoms with van der Waals surface area (Å²) < 4.78 is 6.89. The summed E-state index contributed by atoms with van der Waals surface area (Å²) in [6.07, 6.45) is 3.21. The number of carbonyl (C=O) groups excluding carboxylic acids is 1. The molecule has 2 N–H and O–H groups in total. The topological polar surface area (TPSA) is 99.2 Å². The predicted molar refractivity (Wildman–Crippen MR) is 94.6 cm³/mol. The second-order valence-corrected chi connectivity index (χ2v) is 6.31. The highest BCUT2D eigenvalue weighted by atomic mass is 16.5. The number of anilines is 2. The van der Waals surface area contributed by atoms with Crippen molar-refractivity contribution >= 4 is 17.5 Å². The fraction of sp³-hybridized carbons (Fsp3) is 0.529. The van der Waals surface area contributed by atoms with E-state index in [1.807, 2.05) is 31.7 Å². The molecule has 2 aromatic rings. The smallest absolute Gasteiger partial charge is 0.310 e. The summed E-state index contributed by atoms with van der Waals surface area (Å²) >= 11 is 0. The van der Waals surface area contributed by atoms with E-state index in [4.69, 9.17) is 10.5 Å². The first-order chi connectivity index (χ1) is 12.0. The second-order valence-electron chi connectivity index (χ2n) is 6.31. The van der Waals surface area contributed by atoms with Crippen molar-refractivity contribution in [2.45, 2.75) is 33.6 Å². The molecule has 1 aliphatic heterocycles. The number of carbonyl (C=O) groups is 1. The van der Waals surface area contributed by atoms with Crippen LogP contribution in [0.2, 0.25) is 0 Å². The zero-order valence-corrected chi connectivity index (χ0v) is 14.9. The normalized spacial score (nSPS) is 17.6. The van der Waals surface area contributed by atoms with Gasteiger partial charge in [0.05, 0.1) is 18.2 Å². The molecule has 1 atom stereocenters. The van der Waals surface area contributed by atoms with Crippen LogP contribution in [0.25, 0.3) is 5.82 Å². The maximum atomic E-state index is 12.1. The maximum Gasteiger partial charge on any atom is 0.310 e. The molecule has 3 rings (SSSR count). The van der Waals surface area contributed by atoms with Gasteiger partial charge in [0.25, 0.3) is 0 Å². The van der Waals surface area contributed by atoms with Crippen molar-refractivity contribution in [1.82, 2.24) is 19.7 Å². The first kappa shape index (κ1) is 17.2. The molecule has 1 saturated heterocycles. The van der Waals surface area contributed by atoms with Gasteiger partial charge in [0, 0.05) is 18.8 Å². The quantitative estimate of drug-likeness (QED) is 0.842. The van der Waals surface area contributed by atoms with Gasteiger partial charge < -0.3 is 15.4 Å². The Labute approximate surface area is 147 Å². The van der Waals surface area contributed by atoms with Crippen molar-refractivity contribution in [2.75, 3.05) is 30.3 Å². The van der Waals surface area contributed by atoms with E-state index in [0.717, 1.165) is 30.8 Å². The third-order valence-electron chi connectivity index (χ3n) is 4.39. The highest BCUT2D eigenvalue weighted by Gasteiger charge is 2.29. The van der Waals surface area contributed by atoms with E-state index in [9.17, 15) is 4.79 Å². The van der Waals surface area contributed by atoms with Crippen molar-refractivity contribution in [3.63, 3.8) is 0 Å². The minimum Gasteiger partial charge on any atom is -0.466 e. The van der Waals surface area contributed by atoms with E-state index < -0.39 is 0 Å². The monoisotopic (exact) mass is 344 g/mol. The van der Waals surface area contributed by atoms with Crippen LogP contribution < -0.4 is 10.6 Å². The largest absolute Gasteiger partial charge is 0.466 e. The zero-order valence-electron chi connectivity index (χ0n) is 14.9. The average molecular weight is 344 g/mol. The number of aryl methyl sites for hydroxylation is 2. The van der Waals surface area contributed by atoms with Gasteiger partial charge in [0.1, 0.15) is 12.0 Å². The van der Waals surface area contributed by atoms with Crippen molar-refractivity contribution < 1.29 is 9.53 Å². The number of piperidine rings is 1. The highest BCUT2D eigenvalue weighted by Crippen LogP contribution is 2.29. The summed E-state index contributed by atoms with van der Waals surface area (Å²) in [6.45, 7) is 7.45. The molecular formula is C17H24N6O2. The van der Waals surface area contributed by atoms with Gasteiger partial charge in [0.15, 0.2) is 11.6 Å². The van der Waals surface area contributed by atoms with Crippen molar-refractivity contribution in [3.8, 4) is 5.82 Å². The van der Waals surface area contributed by atoms with Crippen LogP contribution in [0.1, 0.15) is 31.2 Å². The molecule has 3 heterocycles. The van der Waals surface area contributed by atoms with Crippen LogP contribution in [0.15, 0.2) is 12.4 Å². The molecule has 2 aromatic heterocycles. The van der Waals surface area contributed by atoms with E-state index in [1.165, 1.54) is 6.33 Å². The predicted octanol–water partition coefficient (Wildman–Crippen LogP) is 1.64. The molecule has 25 heavy (non-hydrogen) atoms. The molecule has 8 heteroatoms. The number of rotatable bonds is 4. The molecule has 1 fully saturated rings. The lowest BCUT2D eigenvalue weighted by atomic mass is 9.98. The molecule has 134 valence electrons. The summed E-state index contributed by atoms with van der Waals surface area (Å²) in [5, 5.41) is 4.45. The van der Waals surface area contributed by atoms with Crippen LogP contribution in [0, 0.1) is 19.8 Å². The average Bonchev–Trinajstić information content (AvgIpc) is 2.93. The second kappa shape index (κ2) is 7.08. The van der Waals surface area contributed by atoms with Gasteiger partial charge in [-0.1, -0.05) is 0 Å². The van der Waals surface area contributed by atoms with Crippen LogP contribution >= 0.6 is 0 Å². The number of nitrogens with zero attached hydrogens (tertiary/aromatic N) is 5. The molecule has 0 aliphatic carbocycles. The minimum absolute atomic E-state index is 0.153. The molecule has 0 spiro atoms. The molecule has 0 radical (unpaired) electrons. The molecule has 0 aromatic carbocycles. The first-order valence-corrected chi connectivity index (χ1v) is 8.57. The lowest BCUT2D eigenvalue weighted by Gasteiger charge is -2.33. The van der Waals surface area contributed by atoms with Gasteiger partial charge >= 0.3 is 5.97 Å². The Morgan fingerprint density at radius 2 is 2.12 bits per heavy atom. The van der Waals surface area contributed by atoms with E-state index in [0.29, 0.717) is 30.5 Å². The number of ether oxygens (including phenoxy) is 1. The van der Waals surface area contributed by atoms with Crippen LogP contribution in [0.5, 0.6) is 0 Å². The molecule has 0 bridgehead atoms. The minimum atomic E-state index is -0.154. The molecule has 0 amide bonds. The fourth-order valence-electron chi connectivity index (χ4n) is 3.26. The van der Waals surface area contributed by atoms with Gasteiger partial charge in [-0.25, -0.2) is 14.6 Å². The zero-order chi connectivity index (χ0) is 18.0. The van der Waals surface area contributed by atoms with Crippen LogP contribution in [-0.2, 0) is 9.53 Å². The molecule has 0 saturated carbocycles. The van der Waals surface area contributed by atoms with Gasteiger partial charge in [-0.3, -0.25) is 4.79 Å². The SMILES string of the molecule is CCOC(=O)C1CCCN(c2ncnc(-n3nc(C)cc3C)c2N)C1. The summed E-state index contributed by atoms with van der Waals surface area (Å²) in [4.78, 5) is 22.8. The number of hydrogen-bond donors (Lipinski definition) is 1. The van der Waals surface area contributed by atoms with Crippen LogP contribution in [-0.4, -0.2) is 45.4 Å². The number of esters is 1. The van der Waals surface area contributed by atoms with Crippen molar-refractivity contribution in [1.29, 1.82) is 0 Å². The Balaban J connectivity index is 1.89. The third-order valence-corrected chi connectivity index (χ3v) is 4.39. The van der Waals surface area contributed by atoms with Gasteiger partial charge in [-0.2, -0.15) is 5.10 Å². The van der Waals surface area contributed by atoms with Gasteiger partial charge in [-0.15, -0.1) is 0 Å². The molecule has 8 nitrogen and oxygen atoms in total. The van der Waals surface area contributed by atoms with Crippen LogP contribution in [0.3, 0.4) is 0 Å². The molecule has 1 aliphatic rings. The van der Waals surface area contributed by atoms with Crippen molar-refractivity contribution in [2.24, 2.45) is 5.92 Å². The van der Waals surface area contributed by atoms with Gasteiger partial charge in [0.2, 0.25) is 0 Å². The van der Waals surface area contributed by atoms with E-state index in [-0.39, 0.29) is 11.9 Å². The summed E-state index contributed by atoms with van der Waals surface area (Å²) in [5.74, 6) is 0.902. The van der Waals surface area contributed by atoms with E-state index in [2.05, 4.69) is 15.1 Å². The highest BCUT2D eigenvalue weighted by molar-refractivity contribution is 5.75. The fourth-order valence-corrected chi connectivity index (χ4v) is 3.26. The first-order valence-electron chi connectivity index (χ1n) is 8.57. The Hall–Kier alpha value is -2.64. The standard InChI is InChI=1S/C17H24N6O2/c1-4-25-17(24)13-6-5-7-22(9-13)15-14(18)16(20-10-19-15)23-12(3)8-11(2)21-23/h8,10,13H,4-7,9,18H2,1-3H3. The third kappa shape index (κ3) is 3.42.